The van der Waals surface area contributed by atoms with E-state index >= 15 is 0 Å². The van der Waals surface area contributed by atoms with Crippen molar-refractivity contribution in [3.8, 4) is 0 Å². The van der Waals surface area contributed by atoms with Gasteiger partial charge in [0.15, 0.2) is 0 Å². The van der Waals surface area contributed by atoms with Gasteiger partial charge in [-0.3, -0.25) is 9.59 Å². The number of rotatable bonds is 4. The van der Waals surface area contributed by atoms with E-state index in [1.54, 1.807) is 0 Å². The first-order chi connectivity index (χ1) is 11.5. The number of anilines is 2. The molecule has 124 valence electrons. The smallest absolute Gasteiger partial charge is 0.227 e. The molecule has 1 atom stereocenters. The lowest BCUT2D eigenvalue weighted by Gasteiger charge is -2.24. The van der Waals surface area contributed by atoms with Gasteiger partial charge in [0.2, 0.25) is 11.8 Å². The lowest BCUT2D eigenvalue weighted by atomic mass is 9.89. The molecule has 1 aliphatic rings. The molecule has 4 nitrogen and oxygen atoms in total. The summed E-state index contributed by atoms with van der Waals surface area (Å²) in [5, 5.41) is 5.81. The first-order valence-corrected chi connectivity index (χ1v) is 8.77. The van der Waals surface area contributed by atoms with Crippen LogP contribution in [0.5, 0.6) is 0 Å². The molecule has 24 heavy (non-hydrogen) atoms. The van der Waals surface area contributed by atoms with Crippen molar-refractivity contribution >= 4 is 39.1 Å². The summed E-state index contributed by atoms with van der Waals surface area (Å²) < 4.78 is 1.01. The summed E-state index contributed by atoms with van der Waals surface area (Å²) in [6.45, 7) is 1.98. The molecule has 0 aromatic heterocycles. The SMILES string of the molecule is Cc1cc(NC(=O)CC[C@H]2Cc3ccccc3NC2=O)ccc1Br. The third-order valence-corrected chi connectivity index (χ3v) is 5.16. The lowest BCUT2D eigenvalue weighted by Crippen LogP contribution is -2.30. The van der Waals surface area contributed by atoms with Crippen LogP contribution in [0.1, 0.15) is 24.0 Å². The minimum absolute atomic E-state index is 0.000913. The molecule has 0 unspecified atom stereocenters. The molecule has 0 aliphatic carbocycles. The van der Waals surface area contributed by atoms with E-state index in [1.807, 2.05) is 49.4 Å². The van der Waals surface area contributed by atoms with E-state index < -0.39 is 0 Å². The summed E-state index contributed by atoms with van der Waals surface area (Å²) in [5.74, 6) is -0.221. The molecule has 0 fully saturated rings. The van der Waals surface area contributed by atoms with Crippen LogP contribution < -0.4 is 10.6 Å². The Morgan fingerprint density at radius 2 is 2.08 bits per heavy atom. The van der Waals surface area contributed by atoms with Crippen LogP contribution in [0.2, 0.25) is 0 Å². The maximum Gasteiger partial charge on any atom is 0.227 e. The summed E-state index contributed by atoms with van der Waals surface area (Å²) in [6, 6.07) is 13.5. The van der Waals surface area contributed by atoms with Crippen LogP contribution in [-0.2, 0) is 16.0 Å². The number of carbonyl (C=O) groups is 2. The van der Waals surface area contributed by atoms with E-state index in [1.165, 1.54) is 0 Å². The average Bonchev–Trinajstić information content (AvgIpc) is 2.56. The number of hydrogen-bond donors (Lipinski definition) is 2. The second kappa shape index (κ2) is 7.18. The fourth-order valence-corrected chi connectivity index (χ4v) is 3.14. The Labute approximate surface area is 149 Å². The number of halogens is 1. The van der Waals surface area contributed by atoms with Crippen molar-refractivity contribution in [1.82, 2.24) is 0 Å². The zero-order valence-corrected chi connectivity index (χ0v) is 15.0. The van der Waals surface area contributed by atoms with Crippen molar-refractivity contribution in [2.45, 2.75) is 26.2 Å². The summed E-state index contributed by atoms with van der Waals surface area (Å²) in [4.78, 5) is 24.3. The van der Waals surface area contributed by atoms with Gasteiger partial charge in [-0.15, -0.1) is 0 Å². The minimum atomic E-state index is -0.155. The second-order valence-corrected chi connectivity index (χ2v) is 6.95. The van der Waals surface area contributed by atoms with Crippen LogP contribution in [0.15, 0.2) is 46.9 Å². The van der Waals surface area contributed by atoms with Crippen LogP contribution in [0.3, 0.4) is 0 Å². The standard InChI is InChI=1S/C19H19BrN2O2/c1-12-10-15(7-8-16(12)20)21-18(23)9-6-14-11-13-4-2-3-5-17(13)22-19(14)24/h2-5,7-8,10,14H,6,9,11H2,1H3,(H,21,23)(H,22,24)/t14-/m0/s1. The predicted octanol–water partition coefficient (Wildman–Crippen LogP) is 4.29. The summed E-state index contributed by atoms with van der Waals surface area (Å²) in [5.41, 5.74) is 3.86. The molecule has 0 radical (unpaired) electrons. The first-order valence-electron chi connectivity index (χ1n) is 7.97. The van der Waals surface area contributed by atoms with Crippen LogP contribution in [0.25, 0.3) is 0 Å². The molecule has 2 N–H and O–H groups in total. The van der Waals surface area contributed by atoms with Gasteiger partial charge in [0.25, 0.3) is 0 Å². The van der Waals surface area contributed by atoms with Gasteiger partial charge < -0.3 is 10.6 Å². The van der Waals surface area contributed by atoms with Gasteiger partial charge in [0, 0.05) is 28.2 Å². The summed E-state index contributed by atoms with van der Waals surface area (Å²) >= 11 is 3.44. The fraction of sp³-hybridized carbons (Fsp3) is 0.263. The van der Waals surface area contributed by atoms with Gasteiger partial charge in [-0.05, 0) is 55.2 Å². The number of nitrogens with one attached hydrogen (secondary N) is 2. The Hall–Kier alpha value is -2.14. The highest BCUT2D eigenvalue weighted by atomic mass is 79.9. The molecular formula is C19H19BrN2O2. The highest BCUT2D eigenvalue weighted by Crippen LogP contribution is 2.27. The molecule has 2 aromatic rings. The first kappa shape index (κ1) is 16.7. The Balaban J connectivity index is 1.56. The van der Waals surface area contributed by atoms with Gasteiger partial charge >= 0.3 is 0 Å². The Morgan fingerprint density at radius 3 is 2.88 bits per heavy atom. The molecule has 0 bridgehead atoms. The number of benzene rings is 2. The van der Waals surface area contributed by atoms with Crippen molar-refractivity contribution in [2.24, 2.45) is 5.92 Å². The molecule has 3 rings (SSSR count). The number of para-hydroxylation sites is 1. The van der Waals surface area contributed by atoms with Gasteiger partial charge in [-0.2, -0.15) is 0 Å². The number of amides is 2. The quantitative estimate of drug-likeness (QED) is 0.823. The van der Waals surface area contributed by atoms with Crippen molar-refractivity contribution in [3.63, 3.8) is 0 Å². The molecule has 1 heterocycles. The highest BCUT2D eigenvalue weighted by Gasteiger charge is 2.26. The zero-order valence-electron chi connectivity index (χ0n) is 13.4. The van der Waals surface area contributed by atoms with Crippen molar-refractivity contribution in [1.29, 1.82) is 0 Å². The topological polar surface area (TPSA) is 58.2 Å². The van der Waals surface area contributed by atoms with Crippen molar-refractivity contribution in [2.75, 3.05) is 10.6 Å². The maximum atomic E-state index is 12.2. The van der Waals surface area contributed by atoms with E-state index in [4.69, 9.17) is 0 Å². The predicted molar refractivity (Wildman–Crippen MR) is 99.0 cm³/mol. The second-order valence-electron chi connectivity index (χ2n) is 6.10. The normalized spacial score (nSPS) is 16.2. The minimum Gasteiger partial charge on any atom is -0.326 e. The number of carbonyl (C=O) groups excluding carboxylic acids is 2. The van der Waals surface area contributed by atoms with Crippen LogP contribution >= 0.6 is 15.9 Å². The summed E-state index contributed by atoms with van der Waals surface area (Å²) in [6.07, 6.45) is 1.56. The molecule has 0 saturated heterocycles. The maximum absolute atomic E-state index is 12.2. The van der Waals surface area contributed by atoms with Crippen molar-refractivity contribution in [3.05, 3.63) is 58.1 Å². The van der Waals surface area contributed by atoms with Gasteiger partial charge in [0.1, 0.15) is 0 Å². The van der Waals surface area contributed by atoms with E-state index in [0.717, 1.165) is 27.0 Å². The molecular weight excluding hydrogens is 368 g/mol. The van der Waals surface area contributed by atoms with E-state index in [0.29, 0.717) is 19.3 Å². The zero-order chi connectivity index (χ0) is 17.1. The van der Waals surface area contributed by atoms with Crippen LogP contribution in [0, 0.1) is 12.8 Å². The number of aryl methyl sites for hydroxylation is 1. The Bertz CT molecular complexity index is 789. The van der Waals surface area contributed by atoms with E-state index in [2.05, 4.69) is 26.6 Å². The third kappa shape index (κ3) is 3.85. The monoisotopic (exact) mass is 386 g/mol. The fourth-order valence-electron chi connectivity index (χ4n) is 2.90. The average molecular weight is 387 g/mol. The van der Waals surface area contributed by atoms with Gasteiger partial charge in [0.05, 0.1) is 0 Å². The van der Waals surface area contributed by atoms with Crippen LogP contribution in [0.4, 0.5) is 11.4 Å². The largest absolute Gasteiger partial charge is 0.326 e. The Morgan fingerprint density at radius 1 is 1.29 bits per heavy atom. The van der Waals surface area contributed by atoms with Crippen molar-refractivity contribution < 1.29 is 9.59 Å². The molecule has 2 aromatic carbocycles. The summed E-state index contributed by atoms with van der Waals surface area (Å²) in [7, 11) is 0. The van der Waals surface area contributed by atoms with Gasteiger partial charge in [-0.25, -0.2) is 0 Å². The third-order valence-electron chi connectivity index (χ3n) is 4.27. The molecule has 0 saturated carbocycles. The highest BCUT2D eigenvalue weighted by molar-refractivity contribution is 9.10. The number of fused-ring (bicyclic) bond motifs is 1. The number of hydrogen-bond acceptors (Lipinski definition) is 2. The molecule has 5 heteroatoms. The van der Waals surface area contributed by atoms with Gasteiger partial charge in [-0.1, -0.05) is 34.1 Å². The lowest BCUT2D eigenvalue weighted by molar-refractivity contribution is -0.121. The van der Waals surface area contributed by atoms with E-state index in [-0.39, 0.29) is 17.7 Å². The molecule has 2 amide bonds. The van der Waals surface area contributed by atoms with E-state index in [9.17, 15) is 9.59 Å². The molecule has 0 spiro atoms. The molecule has 1 aliphatic heterocycles. The van der Waals surface area contributed by atoms with Crippen LogP contribution in [-0.4, -0.2) is 11.8 Å². The Kier molecular flexibility index (Phi) is 5.00.